The summed E-state index contributed by atoms with van der Waals surface area (Å²) in [7, 11) is 0. The van der Waals surface area contributed by atoms with Gasteiger partial charge in [-0.05, 0) is 36.1 Å². The lowest BCUT2D eigenvalue weighted by Gasteiger charge is -2.25. The molecule has 1 aromatic heterocycles. The highest BCUT2D eigenvalue weighted by Crippen LogP contribution is 2.18. The lowest BCUT2D eigenvalue weighted by atomic mass is 10.0. The highest BCUT2D eigenvalue weighted by molar-refractivity contribution is 7.98. The Bertz CT molecular complexity index is 1070. The quantitative estimate of drug-likeness (QED) is 0.594. The Balaban J connectivity index is 2.04. The average molecular weight is 410 g/mol. The molecule has 0 saturated carbocycles. The van der Waals surface area contributed by atoms with Crippen LogP contribution in [0.4, 0.5) is 0 Å². The van der Waals surface area contributed by atoms with E-state index in [0.717, 1.165) is 0 Å². The number of nitrogens with one attached hydrogen (secondary N) is 1. The Morgan fingerprint density at radius 2 is 1.83 bits per heavy atom. The number of thioether (sulfide) groups is 1. The minimum absolute atomic E-state index is 0.224. The second-order valence-corrected chi connectivity index (χ2v) is 7.43. The van der Waals surface area contributed by atoms with Crippen LogP contribution in [0.5, 0.6) is 0 Å². The summed E-state index contributed by atoms with van der Waals surface area (Å²) in [4.78, 5) is 41.9. The zero-order valence-corrected chi connectivity index (χ0v) is 16.6. The molecule has 0 aliphatic carbocycles. The van der Waals surface area contributed by atoms with Crippen LogP contribution in [0.25, 0.3) is 10.9 Å². The number of benzene rings is 2. The van der Waals surface area contributed by atoms with Crippen LogP contribution < -0.4 is 16.0 Å². The van der Waals surface area contributed by atoms with E-state index < -0.39 is 24.0 Å². The number of carboxylic acid groups (broad SMARTS) is 1. The Morgan fingerprint density at radius 1 is 1.14 bits per heavy atom. The van der Waals surface area contributed by atoms with Crippen molar-refractivity contribution >= 4 is 34.5 Å². The summed E-state index contributed by atoms with van der Waals surface area (Å²) in [5.41, 5.74) is 0.688. The maximum atomic E-state index is 13.1. The number of rotatable bonds is 8. The Hall–Kier alpha value is -3.13. The van der Waals surface area contributed by atoms with E-state index in [2.05, 4.69) is 10.3 Å². The zero-order valence-electron chi connectivity index (χ0n) is 15.8. The van der Waals surface area contributed by atoms with Crippen molar-refractivity contribution in [1.29, 1.82) is 0 Å². The first-order chi connectivity index (χ1) is 14.0. The number of amides is 1. The molecule has 29 heavy (non-hydrogen) atoms. The molecule has 3 aromatic rings. The molecular weight excluding hydrogens is 390 g/mol. The molecule has 150 valence electrons. The van der Waals surface area contributed by atoms with Gasteiger partial charge in [0, 0.05) is 0 Å². The molecule has 0 bridgehead atoms. The lowest BCUT2D eigenvalue weighted by Crippen LogP contribution is -2.51. The number of hydrogen-bond donors (Lipinski definition) is 1. The molecule has 2 aromatic carbocycles. The molecule has 0 unspecified atom stereocenters. The summed E-state index contributed by atoms with van der Waals surface area (Å²) in [5, 5.41) is 14.4. The van der Waals surface area contributed by atoms with E-state index in [-0.39, 0.29) is 12.0 Å². The van der Waals surface area contributed by atoms with Crippen LogP contribution in [0.2, 0.25) is 0 Å². The molecule has 3 rings (SSSR count). The first-order valence-electron chi connectivity index (χ1n) is 9.04. The summed E-state index contributed by atoms with van der Waals surface area (Å²) in [6.45, 7) is 0. The zero-order chi connectivity index (χ0) is 20.8. The molecule has 1 amide bonds. The van der Waals surface area contributed by atoms with E-state index in [1.54, 1.807) is 54.6 Å². The monoisotopic (exact) mass is 410 g/mol. The van der Waals surface area contributed by atoms with Crippen molar-refractivity contribution in [3.05, 3.63) is 76.8 Å². The van der Waals surface area contributed by atoms with Crippen LogP contribution >= 0.6 is 11.8 Å². The number of fused-ring (bicyclic) bond motifs is 1. The Labute approximate surface area is 171 Å². The van der Waals surface area contributed by atoms with Gasteiger partial charge in [0.15, 0.2) is 0 Å². The number of hydrogen-bond acceptors (Lipinski definition) is 6. The number of nitrogens with zero attached hydrogens (tertiary/aromatic N) is 2. The fourth-order valence-corrected chi connectivity index (χ4v) is 3.55. The van der Waals surface area contributed by atoms with Gasteiger partial charge in [-0.3, -0.25) is 14.2 Å². The van der Waals surface area contributed by atoms with Crippen molar-refractivity contribution in [2.45, 2.75) is 18.5 Å². The van der Waals surface area contributed by atoms with Crippen molar-refractivity contribution in [2.24, 2.45) is 0 Å². The number of carboxylic acids is 1. The molecule has 0 radical (unpaired) electrons. The van der Waals surface area contributed by atoms with E-state index in [0.29, 0.717) is 22.2 Å². The number of carbonyl (C=O) groups excluding carboxylic acids is 2. The van der Waals surface area contributed by atoms with E-state index >= 15 is 0 Å². The maximum absolute atomic E-state index is 13.1. The summed E-state index contributed by atoms with van der Waals surface area (Å²) < 4.78 is 1.23. The Kier molecular flexibility index (Phi) is 6.66. The molecule has 0 aliphatic rings. The standard InChI is InChI=1S/C21H21N3O4S/c1-29-12-11-17(21(27)28)23-19(25)18(14-7-3-2-4-8-14)24-13-22-16-10-6-5-9-15(16)20(24)26/h2-10,13,17-18H,11-12H2,1H3,(H,23,25)(H,27,28)/p-1/t17-,18-/m0/s1. The van der Waals surface area contributed by atoms with E-state index in [9.17, 15) is 19.5 Å². The van der Waals surface area contributed by atoms with Gasteiger partial charge in [-0.2, -0.15) is 11.8 Å². The van der Waals surface area contributed by atoms with E-state index in [1.165, 1.54) is 22.7 Å². The molecule has 2 atom stereocenters. The predicted octanol–water partition coefficient (Wildman–Crippen LogP) is 0.974. The van der Waals surface area contributed by atoms with Gasteiger partial charge < -0.3 is 15.2 Å². The highest BCUT2D eigenvalue weighted by atomic mass is 32.2. The van der Waals surface area contributed by atoms with Gasteiger partial charge in [0.25, 0.3) is 5.56 Å². The minimum atomic E-state index is -1.36. The molecule has 7 nitrogen and oxygen atoms in total. The largest absolute Gasteiger partial charge is 0.548 e. The molecule has 1 heterocycles. The summed E-state index contributed by atoms with van der Waals surface area (Å²) in [6, 6.07) is 13.4. The Morgan fingerprint density at radius 3 is 2.52 bits per heavy atom. The van der Waals surface area contributed by atoms with Crippen molar-refractivity contribution in [3.8, 4) is 0 Å². The van der Waals surface area contributed by atoms with E-state index in [1.807, 2.05) is 6.26 Å². The maximum Gasteiger partial charge on any atom is 0.262 e. The second kappa shape index (κ2) is 9.38. The van der Waals surface area contributed by atoms with Gasteiger partial charge in [-0.25, -0.2) is 4.98 Å². The SMILES string of the molecule is CSCC[C@H](NC(=O)[C@H](c1ccccc1)n1cnc2ccccc2c1=O)C(=O)[O-]. The average Bonchev–Trinajstić information content (AvgIpc) is 2.73. The number of aliphatic carboxylic acids is 1. The van der Waals surface area contributed by atoms with Gasteiger partial charge in [0.1, 0.15) is 6.04 Å². The van der Waals surface area contributed by atoms with Gasteiger partial charge in [-0.15, -0.1) is 0 Å². The molecular formula is C21H20N3O4S-. The van der Waals surface area contributed by atoms with Gasteiger partial charge in [-0.1, -0.05) is 42.5 Å². The van der Waals surface area contributed by atoms with Gasteiger partial charge in [0.05, 0.1) is 29.2 Å². The van der Waals surface area contributed by atoms with Gasteiger partial charge >= 0.3 is 0 Å². The molecule has 0 saturated heterocycles. The second-order valence-electron chi connectivity index (χ2n) is 6.45. The van der Waals surface area contributed by atoms with Crippen molar-refractivity contribution in [3.63, 3.8) is 0 Å². The van der Waals surface area contributed by atoms with Crippen LogP contribution in [0, 0.1) is 0 Å². The van der Waals surface area contributed by atoms with Crippen LogP contribution in [-0.2, 0) is 9.59 Å². The lowest BCUT2D eigenvalue weighted by molar-refractivity contribution is -0.308. The van der Waals surface area contributed by atoms with Crippen LogP contribution in [0.15, 0.2) is 65.7 Å². The van der Waals surface area contributed by atoms with Crippen molar-refractivity contribution in [2.75, 3.05) is 12.0 Å². The van der Waals surface area contributed by atoms with E-state index in [4.69, 9.17) is 0 Å². The fourth-order valence-electron chi connectivity index (χ4n) is 3.08. The summed E-state index contributed by atoms with van der Waals surface area (Å²) >= 11 is 1.47. The molecule has 0 fully saturated rings. The first kappa shape index (κ1) is 20.6. The molecule has 0 spiro atoms. The van der Waals surface area contributed by atoms with Crippen LogP contribution in [0.3, 0.4) is 0 Å². The third-order valence-corrected chi connectivity index (χ3v) is 5.19. The molecule has 8 heteroatoms. The number of para-hydroxylation sites is 1. The third-order valence-electron chi connectivity index (χ3n) is 4.54. The van der Waals surface area contributed by atoms with Crippen molar-refractivity contribution < 1.29 is 14.7 Å². The highest BCUT2D eigenvalue weighted by Gasteiger charge is 2.26. The van der Waals surface area contributed by atoms with Crippen molar-refractivity contribution in [1.82, 2.24) is 14.9 Å². The normalized spacial score (nSPS) is 13.0. The predicted molar refractivity (Wildman–Crippen MR) is 111 cm³/mol. The third kappa shape index (κ3) is 4.65. The van der Waals surface area contributed by atoms with Crippen LogP contribution in [0.1, 0.15) is 18.0 Å². The topological polar surface area (TPSA) is 104 Å². The summed E-state index contributed by atoms with van der Waals surface area (Å²) in [6.07, 6.45) is 3.39. The minimum Gasteiger partial charge on any atom is -0.548 e. The number of aromatic nitrogens is 2. The van der Waals surface area contributed by atoms with Crippen LogP contribution in [-0.4, -0.2) is 39.5 Å². The molecule has 1 N–H and O–H groups in total. The fraction of sp³-hybridized carbons (Fsp3) is 0.238. The summed E-state index contributed by atoms with van der Waals surface area (Å²) in [5.74, 6) is -1.42. The number of carbonyl (C=O) groups is 2. The smallest absolute Gasteiger partial charge is 0.262 e. The molecule has 0 aliphatic heterocycles. The van der Waals surface area contributed by atoms with Gasteiger partial charge in [0.2, 0.25) is 5.91 Å². The first-order valence-corrected chi connectivity index (χ1v) is 10.4.